The van der Waals surface area contributed by atoms with Crippen LogP contribution in [0.1, 0.15) is 42.5 Å². The van der Waals surface area contributed by atoms with Crippen molar-refractivity contribution in [3.8, 4) is 5.75 Å². The van der Waals surface area contributed by atoms with Crippen molar-refractivity contribution in [1.82, 2.24) is 4.90 Å². The maximum atomic E-state index is 14.2. The predicted octanol–water partition coefficient (Wildman–Crippen LogP) is 6.48. The van der Waals surface area contributed by atoms with Crippen LogP contribution in [0.25, 0.3) is 0 Å². The van der Waals surface area contributed by atoms with E-state index in [1.807, 2.05) is 43.3 Å². The van der Waals surface area contributed by atoms with Crippen molar-refractivity contribution in [2.24, 2.45) is 0 Å². The number of halogens is 2. The van der Waals surface area contributed by atoms with E-state index in [0.717, 1.165) is 48.3 Å². The Bertz CT molecular complexity index is 1090. The Morgan fingerprint density at radius 2 is 1.88 bits per heavy atom. The minimum absolute atomic E-state index is 0.0443. The molecule has 1 N–H and O–H groups in total. The fraction of sp³-hybridized carbons (Fsp3) is 0.269. The van der Waals surface area contributed by atoms with E-state index in [0.29, 0.717) is 13.2 Å². The summed E-state index contributed by atoms with van der Waals surface area (Å²) < 4.78 is 33.0. The van der Waals surface area contributed by atoms with Gasteiger partial charge in [-0.3, -0.25) is 0 Å². The third-order valence-electron chi connectivity index (χ3n) is 5.73. The molecule has 0 bridgehead atoms. The van der Waals surface area contributed by atoms with Crippen LogP contribution in [0.2, 0.25) is 0 Å². The molecule has 1 aliphatic carbocycles. The molecular formula is C26H26F2N2O2. The van der Waals surface area contributed by atoms with Gasteiger partial charge in [0.05, 0.1) is 18.3 Å². The molecule has 0 aliphatic heterocycles. The van der Waals surface area contributed by atoms with Crippen molar-refractivity contribution in [3.63, 3.8) is 0 Å². The summed E-state index contributed by atoms with van der Waals surface area (Å²) >= 11 is 0. The highest BCUT2D eigenvalue weighted by Gasteiger charge is 2.30. The van der Waals surface area contributed by atoms with Gasteiger partial charge in [-0.25, -0.2) is 13.6 Å². The highest BCUT2D eigenvalue weighted by atomic mass is 19.1. The number of carbonyl (C=O) groups is 1. The van der Waals surface area contributed by atoms with Gasteiger partial charge in [-0.2, -0.15) is 0 Å². The number of nitrogens with one attached hydrogen (secondary N) is 1. The number of fused-ring (bicyclic) bond motifs is 1. The van der Waals surface area contributed by atoms with Crippen LogP contribution in [0.15, 0.2) is 66.7 Å². The predicted molar refractivity (Wildman–Crippen MR) is 121 cm³/mol. The Hall–Kier alpha value is -3.41. The minimum atomic E-state index is -0.802. The fourth-order valence-electron chi connectivity index (χ4n) is 4.21. The van der Waals surface area contributed by atoms with Gasteiger partial charge in [0.1, 0.15) is 17.4 Å². The Kier molecular flexibility index (Phi) is 6.69. The Morgan fingerprint density at radius 3 is 2.62 bits per heavy atom. The zero-order valence-corrected chi connectivity index (χ0v) is 18.0. The minimum Gasteiger partial charge on any atom is -0.494 e. The van der Waals surface area contributed by atoms with E-state index in [4.69, 9.17) is 4.74 Å². The molecule has 1 unspecified atom stereocenters. The first-order chi connectivity index (χ1) is 15.5. The van der Waals surface area contributed by atoms with Crippen LogP contribution < -0.4 is 10.1 Å². The lowest BCUT2D eigenvalue weighted by atomic mass is 9.86. The molecule has 0 radical (unpaired) electrons. The van der Waals surface area contributed by atoms with Gasteiger partial charge < -0.3 is 15.0 Å². The second kappa shape index (κ2) is 9.81. The van der Waals surface area contributed by atoms with Crippen LogP contribution >= 0.6 is 0 Å². The van der Waals surface area contributed by atoms with E-state index in [9.17, 15) is 13.6 Å². The SMILES string of the molecule is CCOc1ccc(CN(C(=O)Nc2ccc(F)cc2F)C2CCCc3ccccc32)cc1. The Balaban J connectivity index is 1.64. The van der Waals surface area contributed by atoms with Crippen LogP contribution in [0.5, 0.6) is 5.75 Å². The number of amides is 2. The third kappa shape index (κ3) is 4.90. The van der Waals surface area contributed by atoms with E-state index >= 15 is 0 Å². The number of hydrogen-bond donors (Lipinski definition) is 1. The lowest BCUT2D eigenvalue weighted by molar-refractivity contribution is 0.175. The zero-order chi connectivity index (χ0) is 22.5. The molecule has 4 nitrogen and oxygen atoms in total. The quantitative estimate of drug-likeness (QED) is 0.481. The number of urea groups is 1. The van der Waals surface area contributed by atoms with Crippen LogP contribution in [-0.4, -0.2) is 17.5 Å². The number of carbonyl (C=O) groups excluding carboxylic acids is 1. The topological polar surface area (TPSA) is 41.6 Å². The summed E-state index contributed by atoms with van der Waals surface area (Å²) in [5.74, 6) is -0.722. The molecule has 32 heavy (non-hydrogen) atoms. The Morgan fingerprint density at radius 1 is 1.09 bits per heavy atom. The molecule has 166 valence electrons. The van der Waals surface area contributed by atoms with Gasteiger partial charge in [-0.1, -0.05) is 36.4 Å². The summed E-state index contributed by atoms with van der Waals surface area (Å²) in [7, 11) is 0. The molecule has 0 saturated carbocycles. The lowest BCUT2D eigenvalue weighted by Gasteiger charge is -2.36. The van der Waals surface area contributed by atoms with Gasteiger partial charge in [-0.05, 0) is 67.1 Å². The summed E-state index contributed by atoms with van der Waals surface area (Å²) in [5, 5.41) is 2.64. The molecule has 2 amide bonds. The number of hydrogen-bond acceptors (Lipinski definition) is 2. The molecule has 0 fully saturated rings. The van der Waals surface area contributed by atoms with Crippen molar-refractivity contribution in [3.05, 3.63) is 95.1 Å². The molecule has 0 heterocycles. The van der Waals surface area contributed by atoms with Crippen molar-refractivity contribution < 1.29 is 18.3 Å². The summed E-state index contributed by atoms with van der Waals surface area (Å²) in [4.78, 5) is 15.1. The second-order valence-electron chi connectivity index (χ2n) is 7.87. The van der Waals surface area contributed by atoms with E-state index in [2.05, 4.69) is 17.4 Å². The molecule has 0 spiro atoms. The third-order valence-corrected chi connectivity index (χ3v) is 5.73. The highest BCUT2D eigenvalue weighted by Crippen LogP contribution is 2.36. The maximum Gasteiger partial charge on any atom is 0.322 e. The van der Waals surface area contributed by atoms with Crippen molar-refractivity contribution >= 4 is 11.7 Å². The summed E-state index contributed by atoms with van der Waals surface area (Å²) in [5.41, 5.74) is 3.23. The van der Waals surface area contributed by atoms with Gasteiger partial charge in [-0.15, -0.1) is 0 Å². The number of aryl methyl sites for hydroxylation is 1. The molecule has 6 heteroatoms. The number of benzene rings is 3. The van der Waals surface area contributed by atoms with Crippen LogP contribution in [0, 0.1) is 11.6 Å². The van der Waals surface area contributed by atoms with Gasteiger partial charge in [0.25, 0.3) is 0 Å². The van der Waals surface area contributed by atoms with Gasteiger partial charge >= 0.3 is 6.03 Å². The average molecular weight is 437 g/mol. The monoisotopic (exact) mass is 436 g/mol. The summed E-state index contributed by atoms with van der Waals surface area (Å²) in [6.45, 7) is 2.85. The number of rotatable bonds is 6. The smallest absolute Gasteiger partial charge is 0.322 e. The van der Waals surface area contributed by atoms with Crippen molar-refractivity contribution in [2.45, 2.75) is 38.8 Å². The first-order valence-electron chi connectivity index (χ1n) is 10.9. The van der Waals surface area contributed by atoms with Gasteiger partial charge in [0.15, 0.2) is 0 Å². The first-order valence-corrected chi connectivity index (χ1v) is 10.9. The molecule has 1 aliphatic rings. The van der Waals surface area contributed by atoms with Crippen molar-refractivity contribution in [1.29, 1.82) is 0 Å². The van der Waals surface area contributed by atoms with Gasteiger partial charge in [0.2, 0.25) is 0 Å². The number of anilines is 1. The number of nitrogens with zero attached hydrogens (tertiary/aromatic N) is 1. The summed E-state index contributed by atoms with van der Waals surface area (Å²) in [6.07, 6.45) is 2.74. The Labute approximate surface area is 186 Å². The standard InChI is InChI=1S/C26H26F2N2O2/c1-2-32-21-13-10-18(11-14-21)17-30(25-9-5-7-19-6-3-4-8-22(19)25)26(31)29-24-15-12-20(27)16-23(24)28/h3-4,6,8,10-16,25H,2,5,7,9,17H2,1H3,(H,29,31). The molecule has 3 aromatic rings. The molecule has 3 aromatic carbocycles. The largest absolute Gasteiger partial charge is 0.494 e. The van der Waals surface area contributed by atoms with E-state index in [-0.39, 0.29) is 11.7 Å². The van der Waals surface area contributed by atoms with Crippen LogP contribution in [0.4, 0.5) is 19.3 Å². The fourth-order valence-corrected chi connectivity index (χ4v) is 4.21. The molecule has 0 saturated heterocycles. The normalized spacial score (nSPS) is 15.0. The maximum absolute atomic E-state index is 14.2. The molecule has 1 atom stereocenters. The van der Waals surface area contributed by atoms with Crippen LogP contribution in [0.3, 0.4) is 0 Å². The first kappa shape index (κ1) is 21.8. The van der Waals surface area contributed by atoms with E-state index in [1.54, 1.807) is 4.90 Å². The lowest BCUT2D eigenvalue weighted by Crippen LogP contribution is -2.39. The van der Waals surface area contributed by atoms with Gasteiger partial charge in [0, 0.05) is 12.6 Å². The van der Waals surface area contributed by atoms with E-state index in [1.165, 1.54) is 11.6 Å². The summed E-state index contributed by atoms with van der Waals surface area (Å²) in [6, 6.07) is 18.3. The highest BCUT2D eigenvalue weighted by molar-refractivity contribution is 5.89. The molecule has 4 rings (SSSR count). The second-order valence-corrected chi connectivity index (χ2v) is 7.87. The van der Waals surface area contributed by atoms with Crippen LogP contribution in [-0.2, 0) is 13.0 Å². The molecule has 0 aromatic heterocycles. The zero-order valence-electron chi connectivity index (χ0n) is 18.0. The molecular weight excluding hydrogens is 410 g/mol. The van der Waals surface area contributed by atoms with Crippen molar-refractivity contribution in [2.75, 3.05) is 11.9 Å². The van der Waals surface area contributed by atoms with E-state index < -0.39 is 17.7 Å². The average Bonchev–Trinajstić information content (AvgIpc) is 2.80. The number of ether oxygens (including phenoxy) is 1.